The standard InChI is InChI=1S/C22H22N2O5S/c1-21(2)18(20(27)28)24-19(26)17(22(24,30-21)14-9-5-3-6-10-14)23-16(25)13-29-15-11-7-4-8-12-15/h3-12,17-18H,13H2,1-2H3,(H,23,25)(H,27,28)/t17-,18+,22-/m1/s1. The fraction of sp³-hybridized carbons (Fsp3) is 0.318. The van der Waals surface area contributed by atoms with Crippen molar-refractivity contribution < 1.29 is 24.2 Å². The second-order valence-corrected chi connectivity index (χ2v) is 9.70. The number of carbonyl (C=O) groups is 3. The number of nitrogens with one attached hydrogen (secondary N) is 1. The van der Waals surface area contributed by atoms with E-state index in [1.165, 1.54) is 16.7 Å². The number of ether oxygens (including phenoxy) is 1. The number of carboxylic acids is 1. The Labute approximate surface area is 178 Å². The number of hydrogen-bond acceptors (Lipinski definition) is 5. The fourth-order valence-electron chi connectivity index (χ4n) is 4.22. The summed E-state index contributed by atoms with van der Waals surface area (Å²) in [5, 5.41) is 12.6. The number of para-hydroxylation sites is 1. The molecule has 2 heterocycles. The Morgan fingerprint density at radius 2 is 1.70 bits per heavy atom. The summed E-state index contributed by atoms with van der Waals surface area (Å²) in [6, 6.07) is 16.3. The van der Waals surface area contributed by atoms with Gasteiger partial charge in [-0.3, -0.25) is 9.59 Å². The highest BCUT2D eigenvalue weighted by Gasteiger charge is 2.74. The minimum atomic E-state index is -1.06. The van der Waals surface area contributed by atoms with Crippen molar-refractivity contribution in [1.82, 2.24) is 10.2 Å². The zero-order chi connectivity index (χ0) is 21.5. The van der Waals surface area contributed by atoms with E-state index in [2.05, 4.69) is 5.32 Å². The molecule has 0 radical (unpaired) electrons. The molecule has 0 bridgehead atoms. The lowest BCUT2D eigenvalue weighted by Gasteiger charge is -2.53. The first-order chi connectivity index (χ1) is 14.3. The highest BCUT2D eigenvalue weighted by atomic mass is 32.2. The molecule has 8 heteroatoms. The van der Waals surface area contributed by atoms with Gasteiger partial charge in [0.1, 0.15) is 22.7 Å². The molecule has 2 aliphatic rings. The number of thioether (sulfide) groups is 1. The lowest BCUT2D eigenvalue weighted by Crippen LogP contribution is -2.76. The molecule has 0 aromatic heterocycles. The van der Waals surface area contributed by atoms with E-state index < -0.39 is 39.5 Å². The maximum Gasteiger partial charge on any atom is 0.327 e. The van der Waals surface area contributed by atoms with Crippen LogP contribution in [0.3, 0.4) is 0 Å². The van der Waals surface area contributed by atoms with Crippen molar-refractivity contribution >= 4 is 29.5 Å². The third-order valence-corrected chi connectivity index (χ3v) is 7.14. The van der Waals surface area contributed by atoms with Crippen LogP contribution in [-0.2, 0) is 19.3 Å². The molecule has 0 aliphatic carbocycles. The molecule has 0 unspecified atom stereocenters. The van der Waals surface area contributed by atoms with E-state index in [1.807, 2.05) is 50.2 Å². The average molecular weight is 426 g/mol. The van der Waals surface area contributed by atoms with Gasteiger partial charge in [0.05, 0.1) is 0 Å². The molecule has 2 saturated heterocycles. The molecule has 4 rings (SSSR count). The first-order valence-electron chi connectivity index (χ1n) is 9.56. The molecule has 0 saturated carbocycles. The maximum absolute atomic E-state index is 13.0. The third kappa shape index (κ3) is 3.11. The summed E-state index contributed by atoms with van der Waals surface area (Å²) in [6.45, 7) is 3.38. The zero-order valence-electron chi connectivity index (χ0n) is 16.6. The van der Waals surface area contributed by atoms with Gasteiger partial charge in [-0.1, -0.05) is 48.5 Å². The Kier molecular flexibility index (Phi) is 4.97. The smallest absolute Gasteiger partial charge is 0.327 e. The van der Waals surface area contributed by atoms with Gasteiger partial charge in [0, 0.05) is 4.75 Å². The third-order valence-electron chi connectivity index (χ3n) is 5.41. The van der Waals surface area contributed by atoms with Crippen LogP contribution in [0.1, 0.15) is 19.4 Å². The van der Waals surface area contributed by atoms with E-state index in [4.69, 9.17) is 4.74 Å². The van der Waals surface area contributed by atoms with Crippen LogP contribution in [0.5, 0.6) is 5.75 Å². The van der Waals surface area contributed by atoms with Crippen LogP contribution in [0.15, 0.2) is 60.7 Å². The van der Waals surface area contributed by atoms with Crippen LogP contribution in [0.25, 0.3) is 0 Å². The summed E-state index contributed by atoms with van der Waals surface area (Å²) in [6.07, 6.45) is 0. The van der Waals surface area contributed by atoms with Gasteiger partial charge in [0.25, 0.3) is 11.8 Å². The molecular weight excluding hydrogens is 404 g/mol. The molecule has 0 spiro atoms. The lowest BCUT2D eigenvalue weighted by molar-refractivity contribution is -0.169. The van der Waals surface area contributed by atoms with Gasteiger partial charge in [-0.25, -0.2) is 4.79 Å². The van der Waals surface area contributed by atoms with E-state index in [1.54, 1.807) is 24.3 Å². The molecular formula is C22H22N2O5S. The van der Waals surface area contributed by atoms with Crippen molar-refractivity contribution in [2.24, 2.45) is 0 Å². The number of nitrogens with zero attached hydrogens (tertiary/aromatic N) is 1. The Morgan fingerprint density at radius 3 is 2.30 bits per heavy atom. The highest BCUT2D eigenvalue weighted by Crippen LogP contribution is 2.63. The molecule has 7 nitrogen and oxygen atoms in total. The van der Waals surface area contributed by atoms with Crippen LogP contribution in [0.2, 0.25) is 0 Å². The van der Waals surface area contributed by atoms with Crippen molar-refractivity contribution in [3.63, 3.8) is 0 Å². The van der Waals surface area contributed by atoms with Gasteiger partial charge in [-0.2, -0.15) is 0 Å². The van der Waals surface area contributed by atoms with E-state index in [9.17, 15) is 19.5 Å². The summed E-state index contributed by atoms with van der Waals surface area (Å²) in [4.78, 5) is 38.0. The summed E-state index contributed by atoms with van der Waals surface area (Å²) in [5.41, 5.74) is 0.778. The van der Waals surface area contributed by atoms with Crippen LogP contribution in [-0.4, -0.2) is 51.2 Å². The SMILES string of the molecule is CC1(C)S[C@]2(c3ccccc3)[C@H](NC(=O)COc3ccccc3)C(=O)N2[C@H]1C(=O)O. The minimum Gasteiger partial charge on any atom is -0.484 e. The monoisotopic (exact) mass is 426 g/mol. The minimum absolute atomic E-state index is 0.241. The number of carboxylic acid groups (broad SMARTS) is 1. The molecule has 2 aliphatic heterocycles. The largest absolute Gasteiger partial charge is 0.484 e. The number of amides is 2. The van der Waals surface area contributed by atoms with Crippen molar-refractivity contribution in [3.8, 4) is 5.75 Å². The van der Waals surface area contributed by atoms with E-state index in [0.717, 1.165) is 5.56 Å². The fourth-order valence-corrected chi connectivity index (χ4v) is 6.16. The predicted molar refractivity (Wildman–Crippen MR) is 112 cm³/mol. The maximum atomic E-state index is 13.0. The first kappa shape index (κ1) is 20.3. The number of hydrogen-bond donors (Lipinski definition) is 2. The van der Waals surface area contributed by atoms with Crippen LogP contribution in [0, 0.1) is 0 Å². The van der Waals surface area contributed by atoms with Gasteiger partial charge in [0.15, 0.2) is 6.61 Å². The number of carbonyl (C=O) groups excluding carboxylic acids is 2. The zero-order valence-corrected chi connectivity index (χ0v) is 17.4. The van der Waals surface area contributed by atoms with Gasteiger partial charge < -0.3 is 20.1 Å². The highest BCUT2D eigenvalue weighted by molar-refractivity contribution is 8.02. The Balaban J connectivity index is 1.61. The Morgan fingerprint density at radius 1 is 1.10 bits per heavy atom. The first-order valence-corrected chi connectivity index (χ1v) is 10.4. The summed E-state index contributed by atoms with van der Waals surface area (Å²) < 4.78 is 4.75. The van der Waals surface area contributed by atoms with E-state index >= 15 is 0 Å². The van der Waals surface area contributed by atoms with Gasteiger partial charge in [0.2, 0.25) is 0 Å². The summed E-state index contributed by atoms with van der Waals surface area (Å²) in [5.74, 6) is -1.35. The second kappa shape index (κ2) is 7.36. The van der Waals surface area contributed by atoms with Crippen molar-refractivity contribution in [1.29, 1.82) is 0 Å². The number of rotatable bonds is 6. The molecule has 156 valence electrons. The Hall–Kier alpha value is -3.00. The normalized spacial score (nSPS) is 26.5. The van der Waals surface area contributed by atoms with Gasteiger partial charge in [-0.05, 0) is 31.5 Å². The Bertz CT molecular complexity index is 982. The molecule has 30 heavy (non-hydrogen) atoms. The van der Waals surface area contributed by atoms with Gasteiger partial charge in [-0.15, -0.1) is 11.8 Å². The number of aliphatic carboxylic acids is 1. The molecule has 2 amide bonds. The van der Waals surface area contributed by atoms with Crippen molar-refractivity contribution in [2.75, 3.05) is 6.61 Å². The molecule has 2 fully saturated rings. The van der Waals surface area contributed by atoms with E-state index in [0.29, 0.717) is 5.75 Å². The topological polar surface area (TPSA) is 95.9 Å². The average Bonchev–Trinajstić information content (AvgIpc) is 2.97. The molecule has 2 N–H and O–H groups in total. The van der Waals surface area contributed by atoms with Crippen LogP contribution in [0.4, 0.5) is 0 Å². The second-order valence-electron chi connectivity index (χ2n) is 7.82. The summed E-state index contributed by atoms with van der Waals surface area (Å²) >= 11 is 1.39. The van der Waals surface area contributed by atoms with Crippen molar-refractivity contribution in [3.05, 3.63) is 66.2 Å². The van der Waals surface area contributed by atoms with Crippen LogP contribution >= 0.6 is 11.8 Å². The number of β-lactam (4-membered cyclic amide) rings is 1. The molecule has 2 aromatic carbocycles. The quantitative estimate of drug-likeness (QED) is 0.688. The van der Waals surface area contributed by atoms with E-state index in [-0.39, 0.29) is 6.61 Å². The lowest BCUT2D eigenvalue weighted by atomic mass is 9.84. The van der Waals surface area contributed by atoms with Crippen molar-refractivity contribution in [2.45, 2.75) is 35.5 Å². The van der Waals surface area contributed by atoms with Crippen LogP contribution < -0.4 is 10.1 Å². The summed E-state index contributed by atoms with van der Waals surface area (Å²) in [7, 11) is 0. The molecule has 2 aromatic rings. The predicted octanol–water partition coefficient (Wildman–Crippen LogP) is 2.22. The number of benzene rings is 2. The number of fused-ring (bicyclic) bond motifs is 1. The molecule has 3 atom stereocenters. The van der Waals surface area contributed by atoms with Gasteiger partial charge >= 0.3 is 5.97 Å².